The minimum Gasteiger partial charge on any atom is -0.440 e. The van der Waals surface area contributed by atoms with Crippen LogP contribution in [0.3, 0.4) is 0 Å². The molecule has 1 aromatic heterocycles. The van der Waals surface area contributed by atoms with Crippen molar-refractivity contribution >= 4 is 5.91 Å². The molecule has 0 fully saturated rings. The molecule has 23 heavy (non-hydrogen) atoms. The second-order valence-electron chi connectivity index (χ2n) is 5.43. The standard InChI is InChI=1S/C16H17N3O4/c1-2-3-6-17-13(20)9-4-5-12-10(7-9)8-11-14(21)18-16(22)19-15(11)23-12/h4-5,7H,2-3,6,8H2,1H3,(H,17,20)(H2,18,19,21,22). The largest absolute Gasteiger partial charge is 0.440 e. The average molecular weight is 315 g/mol. The van der Waals surface area contributed by atoms with Crippen LogP contribution in [0.25, 0.3) is 0 Å². The summed E-state index contributed by atoms with van der Waals surface area (Å²) in [5.41, 5.74) is 0.517. The Balaban J connectivity index is 1.87. The lowest BCUT2D eigenvalue weighted by Gasteiger charge is -2.19. The molecule has 3 rings (SSSR count). The summed E-state index contributed by atoms with van der Waals surface area (Å²) in [6, 6.07) is 5.05. The second-order valence-corrected chi connectivity index (χ2v) is 5.43. The third kappa shape index (κ3) is 3.03. The van der Waals surface area contributed by atoms with Crippen LogP contribution in [0.2, 0.25) is 0 Å². The summed E-state index contributed by atoms with van der Waals surface area (Å²) in [6.45, 7) is 2.69. The summed E-state index contributed by atoms with van der Waals surface area (Å²) in [5, 5.41) is 2.85. The summed E-state index contributed by atoms with van der Waals surface area (Å²) in [6.07, 6.45) is 2.23. The number of fused-ring (bicyclic) bond motifs is 2. The molecule has 0 saturated carbocycles. The smallest absolute Gasteiger partial charge is 0.328 e. The van der Waals surface area contributed by atoms with E-state index >= 15 is 0 Å². The molecule has 1 amide bonds. The number of benzene rings is 1. The van der Waals surface area contributed by atoms with Gasteiger partial charge in [-0.25, -0.2) is 4.79 Å². The first-order valence-electron chi connectivity index (χ1n) is 7.53. The van der Waals surface area contributed by atoms with E-state index in [1.807, 2.05) is 0 Å². The highest BCUT2D eigenvalue weighted by Crippen LogP contribution is 2.33. The Bertz CT molecular complexity index is 866. The van der Waals surface area contributed by atoms with Gasteiger partial charge in [-0.15, -0.1) is 0 Å². The summed E-state index contributed by atoms with van der Waals surface area (Å²) < 4.78 is 5.57. The lowest BCUT2D eigenvalue weighted by Crippen LogP contribution is -2.28. The van der Waals surface area contributed by atoms with Crippen LogP contribution in [0.4, 0.5) is 0 Å². The number of H-pyrrole nitrogens is 2. The first kappa shape index (κ1) is 15.1. The van der Waals surface area contributed by atoms with E-state index in [4.69, 9.17) is 4.74 Å². The van der Waals surface area contributed by atoms with Gasteiger partial charge in [0, 0.05) is 24.1 Å². The molecular formula is C16H17N3O4. The second kappa shape index (κ2) is 6.12. The highest BCUT2D eigenvalue weighted by Gasteiger charge is 2.22. The van der Waals surface area contributed by atoms with Crippen LogP contribution in [0.1, 0.15) is 41.3 Å². The maximum Gasteiger partial charge on any atom is 0.328 e. The maximum absolute atomic E-state index is 12.1. The van der Waals surface area contributed by atoms with E-state index in [1.165, 1.54) is 0 Å². The van der Waals surface area contributed by atoms with Gasteiger partial charge in [-0.1, -0.05) is 13.3 Å². The Morgan fingerprint density at radius 1 is 1.30 bits per heavy atom. The number of rotatable bonds is 4. The summed E-state index contributed by atoms with van der Waals surface area (Å²) >= 11 is 0. The molecule has 7 heteroatoms. The molecule has 0 radical (unpaired) electrons. The van der Waals surface area contributed by atoms with E-state index < -0.39 is 11.2 Å². The Morgan fingerprint density at radius 2 is 2.13 bits per heavy atom. The van der Waals surface area contributed by atoms with Crippen molar-refractivity contribution in [3.05, 3.63) is 55.7 Å². The van der Waals surface area contributed by atoms with Gasteiger partial charge >= 0.3 is 5.69 Å². The first-order valence-corrected chi connectivity index (χ1v) is 7.53. The Morgan fingerprint density at radius 3 is 2.91 bits per heavy atom. The molecule has 7 nitrogen and oxygen atoms in total. The Labute approximate surface area is 131 Å². The van der Waals surface area contributed by atoms with Crippen molar-refractivity contribution in [3.63, 3.8) is 0 Å². The molecule has 0 aliphatic carbocycles. The highest BCUT2D eigenvalue weighted by molar-refractivity contribution is 5.94. The minimum absolute atomic E-state index is 0.151. The van der Waals surface area contributed by atoms with Crippen molar-refractivity contribution in [3.8, 4) is 11.6 Å². The zero-order valence-electron chi connectivity index (χ0n) is 12.7. The van der Waals surface area contributed by atoms with Crippen molar-refractivity contribution < 1.29 is 9.53 Å². The topological polar surface area (TPSA) is 104 Å². The van der Waals surface area contributed by atoms with Gasteiger partial charge in [0.25, 0.3) is 11.5 Å². The number of carbonyl (C=O) groups is 1. The van der Waals surface area contributed by atoms with Gasteiger partial charge in [-0.05, 0) is 24.6 Å². The molecule has 120 valence electrons. The quantitative estimate of drug-likeness (QED) is 0.631. The van der Waals surface area contributed by atoms with Gasteiger partial charge in [0.2, 0.25) is 5.88 Å². The molecule has 2 aromatic rings. The van der Waals surface area contributed by atoms with E-state index in [1.54, 1.807) is 18.2 Å². The van der Waals surface area contributed by atoms with E-state index in [0.717, 1.165) is 18.4 Å². The number of hydrogen-bond acceptors (Lipinski definition) is 4. The van der Waals surface area contributed by atoms with Crippen LogP contribution in [-0.4, -0.2) is 22.4 Å². The van der Waals surface area contributed by atoms with Crippen LogP contribution in [0.15, 0.2) is 27.8 Å². The van der Waals surface area contributed by atoms with Gasteiger partial charge in [0.05, 0.1) is 5.56 Å². The van der Waals surface area contributed by atoms with Crippen molar-refractivity contribution in [2.45, 2.75) is 26.2 Å². The van der Waals surface area contributed by atoms with Crippen LogP contribution < -0.4 is 21.3 Å². The van der Waals surface area contributed by atoms with Crippen LogP contribution >= 0.6 is 0 Å². The number of hydrogen-bond donors (Lipinski definition) is 3. The van der Waals surface area contributed by atoms with Crippen molar-refractivity contribution in [1.82, 2.24) is 15.3 Å². The molecule has 2 heterocycles. The molecule has 0 spiro atoms. The van der Waals surface area contributed by atoms with Crippen LogP contribution in [0, 0.1) is 0 Å². The lowest BCUT2D eigenvalue weighted by molar-refractivity contribution is 0.0953. The van der Waals surface area contributed by atoms with Gasteiger partial charge in [0.1, 0.15) is 5.75 Å². The summed E-state index contributed by atoms with van der Waals surface area (Å²) in [7, 11) is 0. The van der Waals surface area contributed by atoms with Crippen LogP contribution in [-0.2, 0) is 6.42 Å². The fourth-order valence-electron chi connectivity index (χ4n) is 2.48. The predicted octanol–water partition coefficient (Wildman–Crippen LogP) is 1.29. The Hall–Kier alpha value is -2.83. The fraction of sp³-hybridized carbons (Fsp3) is 0.312. The number of nitrogens with one attached hydrogen (secondary N) is 3. The zero-order chi connectivity index (χ0) is 16.4. The molecule has 0 saturated heterocycles. The van der Waals surface area contributed by atoms with Crippen LogP contribution in [0.5, 0.6) is 11.6 Å². The number of amides is 1. The number of carbonyl (C=O) groups excluding carboxylic acids is 1. The fourth-order valence-corrected chi connectivity index (χ4v) is 2.48. The summed E-state index contributed by atoms with van der Waals surface area (Å²) in [5.74, 6) is 0.540. The summed E-state index contributed by atoms with van der Waals surface area (Å²) in [4.78, 5) is 39.9. The van der Waals surface area contributed by atoms with Crippen molar-refractivity contribution in [2.75, 3.05) is 6.54 Å². The normalized spacial score (nSPS) is 12.0. The molecule has 0 bridgehead atoms. The Kier molecular flexibility index (Phi) is 4.01. The van der Waals surface area contributed by atoms with Gasteiger partial charge in [-0.2, -0.15) is 0 Å². The number of aromatic nitrogens is 2. The van der Waals surface area contributed by atoms with Gasteiger partial charge in [-0.3, -0.25) is 19.6 Å². The maximum atomic E-state index is 12.1. The monoisotopic (exact) mass is 315 g/mol. The predicted molar refractivity (Wildman–Crippen MR) is 84.2 cm³/mol. The number of ether oxygens (including phenoxy) is 1. The molecule has 1 aliphatic heterocycles. The average Bonchev–Trinajstić information content (AvgIpc) is 2.53. The molecule has 3 N–H and O–H groups in total. The van der Waals surface area contributed by atoms with E-state index in [9.17, 15) is 14.4 Å². The molecule has 0 unspecified atom stereocenters. The number of unbranched alkanes of at least 4 members (excludes halogenated alkanes) is 1. The molecule has 1 aromatic carbocycles. The van der Waals surface area contributed by atoms with E-state index in [2.05, 4.69) is 22.2 Å². The molecule has 1 aliphatic rings. The molecular weight excluding hydrogens is 298 g/mol. The lowest BCUT2D eigenvalue weighted by atomic mass is 10.0. The minimum atomic E-state index is -0.607. The van der Waals surface area contributed by atoms with Crippen molar-refractivity contribution in [2.24, 2.45) is 0 Å². The molecule has 0 atom stereocenters. The highest BCUT2D eigenvalue weighted by atomic mass is 16.5. The first-order chi connectivity index (χ1) is 11.1. The number of aromatic amines is 2. The van der Waals surface area contributed by atoms with E-state index in [0.29, 0.717) is 29.8 Å². The SMILES string of the molecule is CCCCNC(=O)c1ccc2c(c1)Cc1c([nH]c(=O)[nH]c1=O)O2. The van der Waals surface area contributed by atoms with Gasteiger partial charge in [0.15, 0.2) is 0 Å². The van der Waals surface area contributed by atoms with E-state index in [-0.39, 0.29) is 11.8 Å². The third-order valence-electron chi connectivity index (χ3n) is 3.72. The zero-order valence-corrected chi connectivity index (χ0v) is 12.7. The van der Waals surface area contributed by atoms with Crippen molar-refractivity contribution in [1.29, 1.82) is 0 Å². The third-order valence-corrected chi connectivity index (χ3v) is 3.72. The van der Waals surface area contributed by atoms with Gasteiger partial charge < -0.3 is 10.1 Å².